The van der Waals surface area contributed by atoms with Gasteiger partial charge >= 0.3 is 5.69 Å². The first kappa shape index (κ1) is 41.7. The van der Waals surface area contributed by atoms with Crippen molar-refractivity contribution in [3.8, 4) is 0 Å². The van der Waals surface area contributed by atoms with E-state index in [1.54, 1.807) is 38.2 Å². The predicted molar refractivity (Wildman–Crippen MR) is 199 cm³/mol. The lowest BCUT2D eigenvalue weighted by Crippen LogP contribution is -2.32. The van der Waals surface area contributed by atoms with Crippen LogP contribution in [0.15, 0.2) is 29.1 Å². The number of carbonyl (C=O) groups is 4. The van der Waals surface area contributed by atoms with E-state index in [2.05, 4.69) is 43.1 Å². The fourth-order valence-corrected chi connectivity index (χ4v) is 5.32. The number of ether oxygens (including phenoxy) is 2. The van der Waals surface area contributed by atoms with Gasteiger partial charge in [-0.25, -0.2) is 4.79 Å². The summed E-state index contributed by atoms with van der Waals surface area (Å²) >= 11 is 0. The number of likely N-dealkylation sites (N-methyl/N-ethyl adjacent to an activating group) is 1. The van der Waals surface area contributed by atoms with Gasteiger partial charge in [0, 0.05) is 38.1 Å². The SMILES string of the molecule is CCCCNc1nc(N)c2[nH]c(=O)n(Cc3ccc(C(=O)NCC(=O)CCCCOCCOCCC(=O)NCCCCC(NC)C(C)=O)cc3)c2n1. The van der Waals surface area contributed by atoms with Gasteiger partial charge in [0.1, 0.15) is 11.3 Å². The Morgan fingerprint density at radius 1 is 0.904 bits per heavy atom. The number of aromatic nitrogens is 4. The number of nitrogen functional groups attached to an aromatic ring is 1. The maximum atomic E-state index is 12.7. The number of aromatic amines is 1. The lowest BCUT2D eigenvalue weighted by Gasteiger charge is -2.12. The number of imidazole rings is 1. The van der Waals surface area contributed by atoms with Crippen molar-refractivity contribution >= 4 is 46.3 Å². The van der Waals surface area contributed by atoms with E-state index < -0.39 is 0 Å². The van der Waals surface area contributed by atoms with Crippen LogP contribution in [0.5, 0.6) is 0 Å². The molecule has 3 rings (SSSR count). The molecule has 2 aromatic heterocycles. The Hall–Kier alpha value is -4.67. The highest BCUT2D eigenvalue weighted by molar-refractivity contribution is 5.96. The first-order valence-corrected chi connectivity index (χ1v) is 18.1. The quantitative estimate of drug-likeness (QED) is 0.0623. The number of hydrogen-bond acceptors (Lipinski definition) is 12. The largest absolute Gasteiger partial charge is 0.382 e. The summed E-state index contributed by atoms with van der Waals surface area (Å²) in [4.78, 5) is 72.4. The molecular formula is C36H55N9O7. The van der Waals surface area contributed by atoms with E-state index in [1.807, 2.05) is 0 Å². The number of H-pyrrole nitrogens is 1. The van der Waals surface area contributed by atoms with Crippen molar-refractivity contribution in [2.75, 3.05) is 64.2 Å². The number of ketones is 2. The molecule has 0 saturated heterocycles. The Kier molecular flexibility index (Phi) is 18.5. The van der Waals surface area contributed by atoms with E-state index in [0.29, 0.717) is 81.5 Å². The molecule has 0 aliphatic carbocycles. The molecule has 52 heavy (non-hydrogen) atoms. The molecule has 3 aromatic rings. The van der Waals surface area contributed by atoms with E-state index in [9.17, 15) is 24.0 Å². The molecule has 16 nitrogen and oxygen atoms in total. The first-order chi connectivity index (χ1) is 25.1. The molecule has 2 heterocycles. The van der Waals surface area contributed by atoms with Crippen LogP contribution in [0.1, 0.15) is 87.6 Å². The van der Waals surface area contributed by atoms with Crippen LogP contribution in [0.2, 0.25) is 0 Å². The van der Waals surface area contributed by atoms with Crippen LogP contribution in [-0.2, 0) is 30.4 Å². The third-order valence-electron chi connectivity index (χ3n) is 8.39. The van der Waals surface area contributed by atoms with Crippen LogP contribution in [0, 0.1) is 0 Å². The Morgan fingerprint density at radius 2 is 1.65 bits per heavy atom. The summed E-state index contributed by atoms with van der Waals surface area (Å²) < 4.78 is 12.5. The predicted octanol–water partition coefficient (Wildman–Crippen LogP) is 2.32. The molecule has 0 aliphatic rings. The van der Waals surface area contributed by atoms with Crippen molar-refractivity contribution in [3.05, 3.63) is 45.9 Å². The fraction of sp³-hybridized carbons (Fsp3) is 0.583. The number of rotatable bonds is 27. The van der Waals surface area contributed by atoms with Gasteiger partial charge in [-0.1, -0.05) is 25.5 Å². The summed E-state index contributed by atoms with van der Waals surface area (Å²) in [5, 5.41) is 11.7. The zero-order valence-electron chi connectivity index (χ0n) is 30.7. The summed E-state index contributed by atoms with van der Waals surface area (Å²) in [6, 6.07) is 6.66. The Labute approximate surface area is 304 Å². The number of Topliss-reactive ketones (excluding diaryl/α,β-unsaturated/α-hetero) is 2. The molecule has 0 saturated carbocycles. The van der Waals surface area contributed by atoms with Crippen LogP contribution in [-0.4, -0.2) is 102 Å². The van der Waals surface area contributed by atoms with E-state index >= 15 is 0 Å². The van der Waals surface area contributed by atoms with Gasteiger partial charge in [0.05, 0.1) is 39.0 Å². The second kappa shape index (κ2) is 23.0. The Bertz CT molecular complexity index is 1640. The topological polar surface area (TPSA) is 224 Å². The molecule has 1 aromatic carbocycles. The number of benzene rings is 1. The number of nitrogens with two attached hydrogens (primary N) is 1. The molecule has 16 heteroatoms. The zero-order valence-corrected chi connectivity index (χ0v) is 30.7. The van der Waals surface area contributed by atoms with Crippen molar-refractivity contribution in [2.45, 2.75) is 84.2 Å². The molecule has 0 bridgehead atoms. The average molecular weight is 726 g/mol. The molecule has 0 spiro atoms. The number of nitrogens with zero attached hydrogens (tertiary/aromatic N) is 3. The van der Waals surface area contributed by atoms with Crippen LogP contribution in [0.25, 0.3) is 11.2 Å². The molecule has 0 aliphatic heterocycles. The third-order valence-corrected chi connectivity index (χ3v) is 8.39. The van der Waals surface area contributed by atoms with Crippen LogP contribution in [0.4, 0.5) is 11.8 Å². The minimum atomic E-state index is -0.369. The summed E-state index contributed by atoms with van der Waals surface area (Å²) in [5.41, 5.74) is 7.63. The van der Waals surface area contributed by atoms with Crippen LogP contribution in [0.3, 0.4) is 0 Å². The van der Waals surface area contributed by atoms with Gasteiger partial charge < -0.3 is 41.5 Å². The Morgan fingerprint density at radius 3 is 2.37 bits per heavy atom. The number of unbranched alkanes of at least 4 members (excludes halogenated alkanes) is 3. The molecule has 0 radical (unpaired) electrons. The number of nitrogens with one attached hydrogen (secondary N) is 5. The second-order valence-electron chi connectivity index (χ2n) is 12.6. The van der Waals surface area contributed by atoms with E-state index in [4.69, 9.17) is 15.2 Å². The lowest BCUT2D eigenvalue weighted by molar-refractivity contribution is -0.122. The minimum absolute atomic E-state index is 0.0693. The molecule has 0 fully saturated rings. The summed E-state index contributed by atoms with van der Waals surface area (Å²) in [6.07, 6.45) is 6.30. The van der Waals surface area contributed by atoms with Crippen molar-refractivity contribution in [2.24, 2.45) is 0 Å². The van der Waals surface area contributed by atoms with Crippen molar-refractivity contribution in [1.82, 2.24) is 35.5 Å². The van der Waals surface area contributed by atoms with Crippen LogP contribution >= 0.6 is 0 Å². The molecule has 2 amide bonds. The molecule has 1 unspecified atom stereocenters. The standard InChI is InChI=1S/C36H55N9O7/c1-4-5-17-40-35-43-32(37)31-33(44-35)45(36(50)42-31)24-26-12-14-27(15-13-26)34(49)41-23-28(47)10-7-9-19-51-21-22-52-20-16-30(48)39-18-8-6-11-29(38-3)25(2)46/h12-15,29,38H,4-11,16-24H2,1-3H3,(H,39,48)(H,41,49)(H,42,50)(H3,37,40,43,44). The van der Waals surface area contributed by atoms with E-state index in [0.717, 1.165) is 37.7 Å². The Balaban J connectivity index is 1.24. The van der Waals surface area contributed by atoms with Gasteiger partial charge in [-0.05, 0) is 70.2 Å². The zero-order chi connectivity index (χ0) is 37.7. The molecule has 7 N–H and O–H groups in total. The minimum Gasteiger partial charge on any atom is -0.382 e. The monoisotopic (exact) mass is 725 g/mol. The third kappa shape index (κ3) is 14.5. The number of anilines is 2. The van der Waals surface area contributed by atoms with Gasteiger partial charge in [-0.15, -0.1) is 0 Å². The summed E-state index contributed by atoms with van der Waals surface area (Å²) in [5.74, 6) is 0.150. The number of fused-ring (bicyclic) bond motifs is 1. The average Bonchev–Trinajstić information content (AvgIpc) is 3.44. The van der Waals surface area contributed by atoms with Gasteiger partial charge in [0.15, 0.2) is 17.2 Å². The van der Waals surface area contributed by atoms with E-state index in [1.165, 1.54) is 4.57 Å². The summed E-state index contributed by atoms with van der Waals surface area (Å²) in [7, 11) is 1.77. The van der Waals surface area contributed by atoms with Gasteiger partial charge in [-0.2, -0.15) is 9.97 Å². The van der Waals surface area contributed by atoms with Crippen molar-refractivity contribution in [3.63, 3.8) is 0 Å². The summed E-state index contributed by atoms with van der Waals surface area (Å²) in [6.45, 7) is 6.62. The van der Waals surface area contributed by atoms with Crippen molar-refractivity contribution in [1.29, 1.82) is 0 Å². The van der Waals surface area contributed by atoms with Crippen molar-refractivity contribution < 1.29 is 28.7 Å². The van der Waals surface area contributed by atoms with Gasteiger partial charge in [0.25, 0.3) is 5.91 Å². The molecule has 1 atom stereocenters. The first-order valence-electron chi connectivity index (χ1n) is 18.1. The normalized spacial score (nSPS) is 11.8. The molecular weight excluding hydrogens is 670 g/mol. The van der Waals surface area contributed by atoms with Gasteiger partial charge in [0.2, 0.25) is 11.9 Å². The fourth-order valence-electron chi connectivity index (χ4n) is 5.32. The number of hydrogen-bond donors (Lipinski definition) is 6. The maximum absolute atomic E-state index is 12.7. The highest BCUT2D eigenvalue weighted by atomic mass is 16.5. The maximum Gasteiger partial charge on any atom is 0.328 e. The highest BCUT2D eigenvalue weighted by Crippen LogP contribution is 2.18. The van der Waals surface area contributed by atoms with Gasteiger partial charge in [-0.3, -0.25) is 23.7 Å². The van der Waals surface area contributed by atoms with Crippen LogP contribution < -0.4 is 32.7 Å². The highest BCUT2D eigenvalue weighted by Gasteiger charge is 2.15. The molecule has 286 valence electrons. The van der Waals surface area contributed by atoms with E-state index in [-0.39, 0.29) is 60.4 Å². The smallest absolute Gasteiger partial charge is 0.328 e. The number of carbonyl (C=O) groups excluding carboxylic acids is 4. The second-order valence-corrected chi connectivity index (χ2v) is 12.6. The number of amides is 2. The lowest BCUT2D eigenvalue weighted by atomic mass is 10.1.